The van der Waals surface area contributed by atoms with Crippen molar-refractivity contribution in [3.8, 4) is 0 Å². The zero-order valence-electron chi connectivity index (χ0n) is 11.0. The SMILES string of the molecule is CC(=O)c1cc([N+](=O)[O-])ccc1N1CCC=C(C)C1. The minimum absolute atomic E-state index is 0.0433. The Balaban J connectivity index is 2.42. The molecule has 5 nitrogen and oxygen atoms in total. The normalized spacial score (nSPS) is 15.1. The van der Waals surface area contributed by atoms with E-state index in [-0.39, 0.29) is 11.5 Å². The highest BCUT2D eigenvalue weighted by Gasteiger charge is 2.19. The van der Waals surface area contributed by atoms with Crippen LogP contribution in [-0.2, 0) is 0 Å². The summed E-state index contributed by atoms with van der Waals surface area (Å²) in [5.74, 6) is -0.147. The minimum Gasteiger partial charge on any atom is -0.367 e. The Morgan fingerprint density at radius 1 is 1.42 bits per heavy atom. The molecule has 0 bridgehead atoms. The monoisotopic (exact) mass is 260 g/mol. The van der Waals surface area contributed by atoms with Gasteiger partial charge in [0, 0.05) is 36.5 Å². The van der Waals surface area contributed by atoms with Crippen LogP contribution >= 0.6 is 0 Å². The Labute approximate surface area is 111 Å². The minimum atomic E-state index is -0.475. The number of hydrogen-bond donors (Lipinski definition) is 0. The fourth-order valence-electron chi connectivity index (χ4n) is 2.31. The van der Waals surface area contributed by atoms with Crippen LogP contribution in [0, 0.1) is 10.1 Å². The van der Waals surface area contributed by atoms with E-state index in [1.165, 1.54) is 24.6 Å². The summed E-state index contributed by atoms with van der Waals surface area (Å²) < 4.78 is 0. The van der Waals surface area contributed by atoms with E-state index in [0.717, 1.165) is 25.2 Å². The number of anilines is 1. The number of nitro benzene ring substituents is 1. The second-order valence-electron chi connectivity index (χ2n) is 4.78. The molecule has 19 heavy (non-hydrogen) atoms. The average molecular weight is 260 g/mol. The second kappa shape index (κ2) is 5.22. The lowest BCUT2D eigenvalue weighted by atomic mass is 10.0. The maximum Gasteiger partial charge on any atom is 0.270 e. The fourth-order valence-corrected chi connectivity index (χ4v) is 2.31. The first kappa shape index (κ1) is 13.3. The van der Waals surface area contributed by atoms with Gasteiger partial charge >= 0.3 is 0 Å². The van der Waals surface area contributed by atoms with E-state index in [1.54, 1.807) is 6.07 Å². The fraction of sp³-hybridized carbons (Fsp3) is 0.357. The topological polar surface area (TPSA) is 63.4 Å². The van der Waals surface area contributed by atoms with Gasteiger partial charge in [-0.3, -0.25) is 14.9 Å². The number of ketones is 1. The van der Waals surface area contributed by atoms with Gasteiger partial charge in [0.1, 0.15) is 0 Å². The second-order valence-corrected chi connectivity index (χ2v) is 4.78. The Hall–Kier alpha value is -2.17. The van der Waals surface area contributed by atoms with E-state index in [9.17, 15) is 14.9 Å². The molecule has 0 fully saturated rings. The van der Waals surface area contributed by atoms with E-state index in [4.69, 9.17) is 0 Å². The summed E-state index contributed by atoms with van der Waals surface area (Å²) in [4.78, 5) is 24.1. The molecule has 1 aliphatic heterocycles. The number of rotatable bonds is 3. The molecule has 0 saturated heterocycles. The lowest BCUT2D eigenvalue weighted by molar-refractivity contribution is -0.384. The van der Waals surface area contributed by atoms with Gasteiger partial charge in [-0.25, -0.2) is 0 Å². The Bertz CT molecular complexity index is 564. The summed E-state index contributed by atoms with van der Waals surface area (Å²) in [5.41, 5.74) is 2.41. The van der Waals surface area contributed by atoms with Crippen molar-refractivity contribution in [3.63, 3.8) is 0 Å². The Morgan fingerprint density at radius 2 is 2.16 bits per heavy atom. The third-order valence-corrected chi connectivity index (χ3v) is 3.24. The van der Waals surface area contributed by atoms with Crippen LogP contribution in [-0.4, -0.2) is 23.8 Å². The quantitative estimate of drug-likeness (QED) is 0.363. The molecule has 1 aliphatic rings. The Kier molecular flexibility index (Phi) is 3.64. The van der Waals surface area contributed by atoms with Crippen LogP contribution in [0.5, 0.6) is 0 Å². The van der Waals surface area contributed by atoms with Gasteiger partial charge in [-0.2, -0.15) is 0 Å². The molecule has 1 aromatic carbocycles. The number of hydrogen-bond acceptors (Lipinski definition) is 4. The molecule has 0 N–H and O–H groups in total. The van der Waals surface area contributed by atoms with Crippen molar-refractivity contribution in [2.45, 2.75) is 20.3 Å². The van der Waals surface area contributed by atoms with Crippen molar-refractivity contribution in [1.82, 2.24) is 0 Å². The number of non-ortho nitro benzene ring substituents is 1. The molecule has 0 aliphatic carbocycles. The predicted molar refractivity (Wildman–Crippen MR) is 73.7 cm³/mol. The summed E-state index contributed by atoms with van der Waals surface area (Å²) in [6.07, 6.45) is 3.11. The first-order valence-electron chi connectivity index (χ1n) is 6.19. The van der Waals surface area contributed by atoms with Gasteiger partial charge in [0.2, 0.25) is 0 Å². The molecule has 0 amide bonds. The summed E-state index contributed by atoms with van der Waals surface area (Å²) in [5, 5.41) is 10.8. The highest BCUT2D eigenvalue weighted by molar-refractivity contribution is 6.00. The van der Waals surface area contributed by atoms with Gasteiger partial charge in [0.25, 0.3) is 5.69 Å². The van der Waals surface area contributed by atoms with Crippen molar-refractivity contribution in [2.24, 2.45) is 0 Å². The first-order chi connectivity index (χ1) is 8.99. The number of carbonyl (C=O) groups is 1. The van der Waals surface area contributed by atoms with Gasteiger partial charge in [-0.1, -0.05) is 11.6 Å². The summed E-state index contributed by atoms with van der Waals surface area (Å²) in [7, 11) is 0. The molecule has 1 aromatic rings. The molecule has 0 saturated carbocycles. The van der Waals surface area contributed by atoms with Gasteiger partial charge in [-0.05, 0) is 26.3 Å². The van der Waals surface area contributed by atoms with Crippen molar-refractivity contribution < 1.29 is 9.72 Å². The van der Waals surface area contributed by atoms with E-state index < -0.39 is 4.92 Å². The number of nitro groups is 1. The molecular weight excluding hydrogens is 244 g/mol. The van der Waals surface area contributed by atoms with Crippen LogP contribution in [0.15, 0.2) is 29.8 Å². The zero-order chi connectivity index (χ0) is 14.0. The molecule has 5 heteroatoms. The average Bonchev–Trinajstić information content (AvgIpc) is 2.37. The standard InChI is InChI=1S/C14H16N2O3/c1-10-4-3-7-15(9-10)14-6-5-12(16(18)19)8-13(14)11(2)17/h4-6,8H,3,7,9H2,1-2H3. The van der Waals surface area contributed by atoms with Crippen LogP contribution in [0.25, 0.3) is 0 Å². The molecule has 2 rings (SSSR count). The molecule has 0 radical (unpaired) electrons. The van der Waals surface area contributed by atoms with Gasteiger partial charge in [0.15, 0.2) is 5.78 Å². The van der Waals surface area contributed by atoms with Crippen molar-refractivity contribution in [3.05, 3.63) is 45.5 Å². The van der Waals surface area contributed by atoms with Gasteiger partial charge < -0.3 is 4.90 Å². The van der Waals surface area contributed by atoms with E-state index >= 15 is 0 Å². The van der Waals surface area contributed by atoms with Gasteiger partial charge in [-0.15, -0.1) is 0 Å². The van der Waals surface area contributed by atoms with E-state index in [2.05, 4.69) is 11.0 Å². The van der Waals surface area contributed by atoms with Crippen LogP contribution < -0.4 is 4.90 Å². The molecule has 0 spiro atoms. The number of carbonyl (C=O) groups excluding carboxylic acids is 1. The lowest BCUT2D eigenvalue weighted by Gasteiger charge is -2.29. The van der Waals surface area contributed by atoms with Crippen molar-refractivity contribution in [2.75, 3.05) is 18.0 Å². The first-order valence-corrected chi connectivity index (χ1v) is 6.19. The summed E-state index contributed by atoms with van der Waals surface area (Å²) in [6.45, 7) is 5.08. The third kappa shape index (κ3) is 2.81. The van der Waals surface area contributed by atoms with Crippen LogP contribution in [0.4, 0.5) is 11.4 Å². The lowest BCUT2D eigenvalue weighted by Crippen LogP contribution is -2.30. The highest BCUT2D eigenvalue weighted by atomic mass is 16.6. The molecular formula is C14H16N2O3. The summed E-state index contributed by atoms with van der Waals surface area (Å²) >= 11 is 0. The predicted octanol–water partition coefficient (Wildman–Crippen LogP) is 2.95. The van der Waals surface area contributed by atoms with Crippen molar-refractivity contribution in [1.29, 1.82) is 0 Å². The maximum absolute atomic E-state index is 11.7. The number of nitrogens with zero attached hydrogens (tertiary/aromatic N) is 2. The number of benzene rings is 1. The molecule has 1 heterocycles. The van der Waals surface area contributed by atoms with Crippen molar-refractivity contribution >= 4 is 17.2 Å². The van der Waals surface area contributed by atoms with Crippen LogP contribution in [0.1, 0.15) is 30.6 Å². The molecule has 0 atom stereocenters. The van der Waals surface area contributed by atoms with E-state index in [1.807, 2.05) is 6.92 Å². The zero-order valence-corrected chi connectivity index (χ0v) is 11.0. The largest absolute Gasteiger partial charge is 0.367 e. The smallest absolute Gasteiger partial charge is 0.270 e. The molecule has 0 unspecified atom stereocenters. The number of Topliss-reactive ketones (excluding diaryl/α,β-unsaturated/α-hetero) is 1. The highest BCUT2D eigenvalue weighted by Crippen LogP contribution is 2.28. The van der Waals surface area contributed by atoms with Gasteiger partial charge in [0.05, 0.1) is 4.92 Å². The maximum atomic E-state index is 11.7. The van der Waals surface area contributed by atoms with E-state index in [0.29, 0.717) is 5.56 Å². The van der Waals surface area contributed by atoms with Crippen LogP contribution in [0.2, 0.25) is 0 Å². The van der Waals surface area contributed by atoms with Crippen LogP contribution in [0.3, 0.4) is 0 Å². The molecule has 0 aromatic heterocycles. The summed E-state index contributed by atoms with van der Waals surface area (Å²) in [6, 6.07) is 4.49. The third-order valence-electron chi connectivity index (χ3n) is 3.24. The molecule has 100 valence electrons. The Morgan fingerprint density at radius 3 is 2.74 bits per heavy atom.